The summed E-state index contributed by atoms with van der Waals surface area (Å²) in [6, 6.07) is 6.57. The summed E-state index contributed by atoms with van der Waals surface area (Å²) >= 11 is 7.50. The average Bonchev–Trinajstić information content (AvgIpc) is 3.02. The third kappa shape index (κ3) is 4.10. The fourth-order valence-corrected chi connectivity index (χ4v) is 3.80. The zero-order chi connectivity index (χ0) is 19.7. The molecule has 0 aliphatic rings. The van der Waals surface area contributed by atoms with Gasteiger partial charge in [0.1, 0.15) is 11.6 Å². The van der Waals surface area contributed by atoms with Crippen molar-refractivity contribution in [2.24, 2.45) is 0 Å². The molecule has 0 saturated carbocycles. The van der Waals surface area contributed by atoms with Crippen molar-refractivity contribution in [3.8, 4) is 0 Å². The minimum atomic E-state index is -0.893. The van der Waals surface area contributed by atoms with Crippen molar-refractivity contribution in [1.82, 2.24) is 9.88 Å². The summed E-state index contributed by atoms with van der Waals surface area (Å²) < 4.78 is 28.3. The van der Waals surface area contributed by atoms with Crippen LogP contribution in [0.2, 0.25) is 5.02 Å². The van der Waals surface area contributed by atoms with Gasteiger partial charge in [0.2, 0.25) is 0 Å². The van der Waals surface area contributed by atoms with Crippen molar-refractivity contribution in [2.75, 3.05) is 32.1 Å². The van der Waals surface area contributed by atoms with Crippen molar-refractivity contribution in [1.29, 1.82) is 0 Å². The second kappa shape index (κ2) is 7.88. The Balaban J connectivity index is 2.05. The van der Waals surface area contributed by atoms with E-state index in [-0.39, 0.29) is 5.56 Å². The molecule has 1 heterocycles. The van der Waals surface area contributed by atoms with Gasteiger partial charge >= 0.3 is 0 Å². The normalized spacial score (nSPS) is 11.4. The maximum absolute atomic E-state index is 14.2. The van der Waals surface area contributed by atoms with Crippen molar-refractivity contribution in [3.63, 3.8) is 0 Å². The Bertz CT molecular complexity index is 1010. The van der Waals surface area contributed by atoms with Crippen LogP contribution in [-0.4, -0.2) is 43.0 Å². The predicted octanol–water partition coefficient (Wildman–Crippen LogP) is 4.74. The summed E-state index contributed by atoms with van der Waals surface area (Å²) in [5.41, 5.74) is 1.35. The second-order valence-corrected chi connectivity index (χ2v) is 7.82. The lowest BCUT2D eigenvalue weighted by atomic mass is 10.2. The molecule has 0 atom stereocenters. The van der Waals surface area contributed by atoms with Crippen LogP contribution in [0, 0.1) is 18.6 Å². The number of hydrogen-bond donors (Lipinski definition) is 0. The summed E-state index contributed by atoms with van der Waals surface area (Å²) in [7, 11) is 3.76. The Morgan fingerprint density at radius 2 is 1.93 bits per heavy atom. The Morgan fingerprint density at radius 1 is 1.19 bits per heavy atom. The van der Waals surface area contributed by atoms with E-state index in [9.17, 15) is 13.6 Å². The molecular weight excluding hydrogens is 392 g/mol. The van der Waals surface area contributed by atoms with Gasteiger partial charge in [-0.3, -0.25) is 9.69 Å². The fraction of sp³-hybridized carbons (Fsp3) is 0.263. The van der Waals surface area contributed by atoms with E-state index in [1.807, 2.05) is 32.0 Å². The number of benzene rings is 2. The van der Waals surface area contributed by atoms with E-state index in [1.54, 1.807) is 6.07 Å². The minimum Gasteiger partial charge on any atom is -0.308 e. The molecule has 1 amide bonds. The molecular formula is C19H18ClF2N3OS. The Hall–Kier alpha value is -2.09. The van der Waals surface area contributed by atoms with Gasteiger partial charge < -0.3 is 4.90 Å². The molecule has 0 aliphatic heterocycles. The molecule has 8 heteroatoms. The van der Waals surface area contributed by atoms with Crippen LogP contribution >= 0.6 is 22.9 Å². The summed E-state index contributed by atoms with van der Waals surface area (Å²) in [4.78, 5) is 20.9. The fourth-order valence-electron chi connectivity index (χ4n) is 2.60. The number of amides is 1. The molecule has 27 heavy (non-hydrogen) atoms. The molecule has 0 unspecified atom stereocenters. The average molecular weight is 410 g/mol. The molecule has 0 radical (unpaired) electrons. The van der Waals surface area contributed by atoms with Crippen LogP contribution in [-0.2, 0) is 0 Å². The van der Waals surface area contributed by atoms with Crippen LogP contribution < -0.4 is 4.90 Å². The van der Waals surface area contributed by atoms with E-state index >= 15 is 0 Å². The van der Waals surface area contributed by atoms with Gasteiger partial charge in [0.25, 0.3) is 5.91 Å². The van der Waals surface area contributed by atoms with E-state index in [4.69, 9.17) is 11.6 Å². The van der Waals surface area contributed by atoms with Gasteiger partial charge in [0.15, 0.2) is 5.13 Å². The lowest BCUT2D eigenvalue weighted by Crippen LogP contribution is -2.37. The van der Waals surface area contributed by atoms with E-state index < -0.39 is 17.5 Å². The van der Waals surface area contributed by atoms with Crippen LogP contribution in [0.15, 0.2) is 30.3 Å². The lowest BCUT2D eigenvalue weighted by molar-refractivity contribution is 0.0981. The molecule has 142 valence electrons. The molecule has 4 nitrogen and oxygen atoms in total. The first-order valence-electron chi connectivity index (χ1n) is 8.25. The Kier molecular flexibility index (Phi) is 5.74. The molecule has 0 spiro atoms. The summed E-state index contributed by atoms with van der Waals surface area (Å²) in [5, 5.41) is 1.04. The predicted molar refractivity (Wildman–Crippen MR) is 106 cm³/mol. The summed E-state index contributed by atoms with van der Waals surface area (Å²) in [5.74, 6) is -2.18. The Labute approximate surface area is 165 Å². The summed E-state index contributed by atoms with van der Waals surface area (Å²) in [6.45, 7) is 2.74. The quantitative estimate of drug-likeness (QED) is 0.610. The highest BCUT2D eigenvalue weighted by atomic mass is 35.5. The van der Waals surface area contributed by atoms with Crippen LogP contribution in [0.4, 0.5) is 13.9 Å². The number of thiazole rings is 1. The maximum Gasteiger partial charge on any atom is 0.263 e. The first-order chi connectivity index (χ1) is 12.8. The molecule has 3 aromatic rings. The molecule has 0 bridgehead atoms. The molecule has 2 aromatic carbocycles. The topological polar surface area (TPSA) is 36.4 Å². The van der Waals surface area contributed by atoms with Gasteiger partial charge in [0, 0.05) is 24.2 Å². The number of carbonyl (C=O) groups excluding carboxylic acids is 1. The number of anilines is 1. The van der Waals surface area contributed by atoms with Crippen molar-refractivity contribution in [2.45, 2.75) is 6.92 Å². The minimum absolute atomic E-state index is 0.191. The number of likely N-dealkylation sites (N-methyl/N-ethyl adjacent to an activating group) is 1. The van der Waals surface area contributed by atoms with Gasteiger partial charge in [-0.2, -0.15) is 0 Å². The standard InChI is InChI=1S/C19H18ClF2N3OS/c1-11-14(20)6-7-16-17(11)23-19(27-16)25(9-8-24(2)3)18(26)13-5-4-12(21)10-15(13)22/h4-7,10H,8-9H2,1-3H3. The molecule has 0 fully saturated rings. The SMILES string of the molecule is Cc1c(Cl)ccc2sc(N(CCN(C)C)C(=O)c3ccc(F)cc3F)nc12. The van der Waals surface area contributed by atoms with E-state index in [0.29, 0.717) is 34.8 Å². The van der Waals surface area contributed by atoms with E-state index in [2.05, 4.69) is 4.98 Å². The van der Waals surface area contributed by atoms with Crippen LogP contribution in [0.25, 0.3) is 10.2 Å². The number of fused-ring (bicyclic) bond motifs is 1. The van der Waals surface area contributed by atoms with Crippen LogP contribution in [0.5, 0.6) is 0 Å². The number of halogens is 3. The van der Waals surface area contributed by atoms with Gasteiger partial charge in [-0.1, -0.05) is 22.9 Å². The number of aromatic nitrogens is 1. The number of carbonyl (C=O) groups is 1. The maximum atomic E-state index is 14.2. The zero-order valence-corrected chi connectivity index (χ0v) is 16.7. The van der Waals surface area contributed by atoms with Gasteiger partial charge in [-0.05, 0) is 50.8 Å². The number of aryl methyl sites for hydroxylation is 1. The first-order valence-corrected chi connectivity index (χ1v) is 9.44. The number of hydrogen-bond acceptors (Lipinski definition) is 4. The monoisotopic (exact) mass is 409 g/mol. The van der Waals surface area contributed by atoms with Crippen LogP contribution in [0.1, 0.15) is 15.9 Å². The third-order valence-corrected chi connectivity index (χ3v) is 5.60. The van der Waals surface area contributed by atoms with Crippen LogP contribution in [0.3, 0.4) is 0 Å². The van der Waals surface area contributed by atoms with Crippen molar-refractivity contribution in [3.05, 3.63) is 58.1 Å². The molecule has 3 rings (SSSR count). The smallest absolute Gasteiger partial charge is 0.263 e. The van der Waals surface area contributed by atoms with Gasteiger partial charge in [-0.25, -0.2) is 13.8 Å². The Morgan fingerprint density at radius 3 is 2.59 bits per heavy atom. The zero-order valence-electron chi connectivity index (χ0n) is 15.1. The third-order valence-electron chi connectivity index (χ3n) is 4.14. The molecule has 0 saturated heterocycles. The first kappa shape index (κ1) is 19.7. The highest BCUT2D eigenvalue weighted by Crippen LogP contribution is 2.34. The highest BCUT2D eigenvalue weighted by molar-refractivity contribution is 7.22. The van der Waals surface area contributed by atoms with Gasteiger partial charge in [0.05, 0.1) is 15.8 Å². The summed E-state index contributed by atoms with van der Waals surface area (Å²) in [6.07, 6.45) is 0. The highest BCUT2D eigenvalue weighted by Gasteiger charge is 2.24. The largest absolute Gasteiger partial charge is 0.308 e. The van der Waals surface area contributed by atoms with Crippen molar-refractivity contribution >= 4 is 44.2 Å². The van der Waals surface area contributed by atoms with E-state index in [0.717, 1.165) is 22.4 Å². The number of rotatable bonds is 5. The van der Waals surface area contributed by atoms with Gasteiger partial charge in [-0.15, -0.1) is 0 Å². The van der Waals surface area contributed by atoms with Crippen molar-refractivity contribution < 1.29 is 13.6 Å². The molecule has 0 N–H and O–H groups in total. The van der Waals surface area contributed by atoms with E-state index in [1.165, 1.54) is 16.2 Å². The molecule has 1 aromatic heterocycles. The lowest BCUT2D eigenvalue weighted by Gasteiger charge is -2.22. The molecule has 0 aliphatic carbocycles. The number of nitrogens with zero attached hydrogens (tertiary/aromatic N) is 3. The second-order valence-electron chi connectivity index (χ2n) is 6.40.